The SMILES string of the molecule is CCc1cnc(CNc2ncc(N)cc2C(=O)OC)s1. The molecule has 0 fully saturated rings. The van der Waals surface area contributed by atoms with E-state index in [-0.39, 0.29) is 0 Å². The Morgan fingerprint density at radius 2 is 2.25 bits per heavy atom. The van der Waals surface area contributed by atoms with Crippen molar-refractivity contribution >= 4 is 28.8 Å². The average Bonchev–Trinajstić information content (AvgIpc) is 2.93. The van der Waals surface area contributed by atoms with Gasteiger partial charge >= 0.3 is 5.97 Å². The summed E-state index contributed by atoms with van der Waals surface area (Å²) in [5.41, 5.74) is 6.37. The lowest BCUT2D eigenvalue weighted by Crippen LogP contribution is -2.10. The fourth-order valence-corrected chi connectivity index (χ4v) is 2.44. The van der Waals surface area contributed by atoms with Gasteiger partial charge in [0.05, 0.1) is 25.5 Å². The number of aromatic nitrogens is 2. The van der Waals surface area contributed by atoms with Crippen LogP contribution >= 0.6 is 11.3 Å². The first-order chi connectivity index (χ1) is 9.63. The van der Waals surface area contributed by atoms with Gasteiger partial charge in [-0.15, -0.1) is 11.3 Å². The zero-order valence-corrected chi connectivity index (χ0v) is 12.2. The smallest absolute Gasteiger partial charge is 0.341 e. The van der Waals surface area contributed by atoms with Crippen LogP contribution in [0, 0.1) is 0 Å². The van der Waals surface area contributed by atoms with Gasteiger partial charge in [0.15, 0.2) is 0 Å². The predicted octanol–water partition coefficient (Wildman–Crippen LogP) is 2.08. The van der Waals surface area contributed by atoms with E-state index in [0.717, 1.165) is 11.4 Å². The Bertz CT molecular complexity index is 612. The van der Waals surface area contributed by atoms with Gasteiger partial charge < -0.3 is 15.8 Å². The summed E-state index contributed by atoms with van der Waals surface area (Å²) in [6.45, 7) is 2.59. The number of ether oxygens (including phenoxy) is 1. The average molecular weight is 292 g/mol. The highest BCUT2D eigenvalue weighted by Crippen LogP contribution is 2.19. The topological polar surface area (TPSA) is 90.1 Å². The molecule has 0 saturated carbocycles. The molecule has 3 N–H and O–H groups in total. The molecule has 106 valence electrons. The highest BCUT2D eigenvalue weighted by Gasteiger charge is 2.14. The van der Waals surface area contributed by atoms with Crippen LogP contribution in [-0.4, -0.2) is 23.0 Å². The second-order valence-electron chi connectivity index (χ2n) is 4.08. The Hall–Kier alpha value is -2.15. The van der Waals surface area contributed by atoms with Crippen LogP contribution in [0.1, 0.15) is 27.2 Å². The van der Waals surface area contributed by atoms with Gasteiger partial charge in [0.1, 0.15) is 16.4 Å². The number of carbonyl (C=O) groups excluding carboxylic acids is 1. The molecule has 0 aliphatic carbocycles. The molecule has 0 atom stereocenters. The number of rotatable bonds is 5. The van der Waals surface area contributed by atoms with E-state index in [1.54, 1.807) is 17.4 Å². The van der Waals surface area contributed by atoms with Crippen LogP contribution in [0.2, 0.25) is 0 Å². The lowest BCUT2D eigenvalue weighted by molar-refractivity contribution is 0.0601. The number of thiazole rings is 1. The molecular weight excluding hydrogens is 276 g/mol. The first kappa shape index (κ1) is 14.3. The van der Waals surface area contributed by atoms with Gasteiger partial charge in [-0.05, 0) is 12.5 Å². The van der Waals surface area contributed by atoms with Gasteiger partial charge in [-0.3, -0.25) is 0 Å². The van der Waals surface area contributed by atoms with Crippen molar-refractivity contribution in [3.05, 3.63) is 33.9 Å². The standard InChI is InChI=1S/C13H16N4O2S/c1-3-9-6-15-11(20-9)7-17-12-10(13(18)19-2)4-8(14)5-16-12/h4-6H,3,7,14H2,1-2H3,(H,16,17). The molecule has 0 spiro atoms. The fourth-order valence-electron chi connectivity index (χ4n) is 1.64. The van der Waals surface area contributed by atoms with Gasteiger partial charge in [-0.2, -0.15) is 0 Å². The van der Waals surface area contributed by atoms with Crippen LogP contribution in [0.5, 0.6) is 0 Å². The first-order valence-electron chi connectivity index (χ1n) is 6.15. The number of hydrogen-bond acceptors (Lipinski definition) is 7. The molecule has 6 nitrogen and oxygen atoms in total. The Balaban J connectivity index is 2.14. The number of pyridine rings is 1. The second kappa shape index (κ2) is 6.33. The maximum absolute atomic E-state index is 11.7. The molecule has 20 heavy (non-hydrogen) atoms. The van der Waals surface area contributed by atoms with Gasteiger partial charge in [-0.25, -0.2) is 14.8 Å². The highest BCUT2D eigenvalue weighted by molar-refractivity contribution is 7.11. The Labute approximate surface area is 121 Å². The van der Waals surface area contributed by atoms with E-state index in [2.05, 4.69) is 22.2 Å². The molecular formula is C13H16N4O2S. The third-order valence-electron chi connectivity index (χ3n) is 2.67. The van der Waals surface area contributed by atoms with Crippen LogP contribution in [0.15, 0.2) is 18.5 Å². The van der Waals surface area contributed by atoms with Crippen LogP contribution < -0.4 is 11.1 Å². The van der Waals surface area contributed by atoms with Crippen molar-refractivity contribution in [2.75, 3.05) is 18.2 Å². The van der Waals surface area contributed by atoms with Gasteiger partial charge in [-0.1, -0.05) is 6.92 Å². The van der Waals surface area contributed by atoms with E-state index < -0.39 is 5.97 Å². The molecule has 2 aromatic rings. The third-order valence-corrected chi connectivity index (χ3v) is 3.81. The number of nitrogen functional groups attached to an aromatic ring is 1. The van der Waals surface area contributed by atoms with Crippen LogP contribution in [0.3, 0.4) is 0 Å². The molecule has 2 rings (SSSR count). The maximum atomic E-state index is 11.7. The lowest BCUT2D eigenvalue weighted by Gasteiger charge is -2.09. The maximum Gasteiger partial charge on any atom is 0.341 e. The van der Waals surface area contributed by atoms with Crippen molar-refractivity contribution in [1.82, 2.24) is 9.97 Å². The van der Waals surface area contributed by atoms with Gasteiger partial charge in [0.25, 0.3) is 0 Å². The van der Waals surface area contributed by atoms with Crippen LogP contribution in [0.25, 0.3) is 0 Å². The van der Waals surface area contributed by atoms with Crippen LogP contribution in [0.4, 0.5) is 11.5 Å². The monoisotopic (exact) mass is 292 g/mol. The van der Waals surface area contributed by atoms with Crippen molar-refractivity contribution in [2.24, 2.45) is 0 Å². The summed E-state index contributed by atoms with van der Waals surface area (Å²) in [6.07, 6.45) is 4.32. The predicted molar refractivity (Wildman–Crippen MR) is 78.8 cm³/mol. The van der Waals surface area contributed by atoms with E-state index in [9.17, 15) is 4.79 Å². The van der Waals surface area contributed by atoms with E-state index in [1.165, 1.54) is 18.2 Å². The van der Waals surface area contributed by atoms with Crippen LogP contribution in [-0.2, 0) is 17.7 Å². The number of carbonyl (C=O) groups is 1. The highest BCUT2D eigenvalue weighted by atomic mass is 32.1. The minimum absolute atomic E-state index is 0.319. The third kappa shape index (κ3) is 3.24. The first-order valence-corrected chi connectivity index (χ1v) is 6.97. The Kier molecular flexibility index (Phi) is 4.52. The van der Waals surface area contributed by atoms with E-state index >= 15 is 0 Å². The zero-order valence-electron chi connectivity index (χ0n) is 11.3. The van der Waals surface area contributed by atoms with Gasteiger partial charge in [0, 0.05) is 11.1 Å². The second-order valence-corrected chi connectivity index (χ2v) is 5.28. The molecule has 0 saturated heterocycles. The Morgan fingerprint density at radius 3 is 2.90 bits per heavy atom. The minimum atomic E-state index is -0.472. The molecule has 7 heteroatoms. The summed E-state index contributed by atoms with van der Waals surface area (Å²) in [5, 5.41) is 4.03. The molecule has 2 heterocycles. The number of nitrogens with zero attached hydrogens (tertiary/aromatic N) is 2. The van der Waals surface area contributed by atoms with Gasteiger partial charge in [0.2, 0.25) is 0 Å². The van der Waals surface area contributed by atoms with E-state index in [4.69, 9.17) is 10.5 Å². The minimum Gasteiger partial charge on any atom is -0.465 e. The molecule has 0 aliphatic rings. The van der Waals surface area contributed by atoms with Crippen molar-refractivity contribution in [2.45, 2.75) is 19.9 Å². The van der Waals surface area contributed by atoms with Crippen molar-refractivity contribution in [1.29, 1.82) is 0 Å². The molecule has 2 aromatic heterocycles. The Morgan fingerprint density at radius 1 is 1.45 bits per heavy atom. The molecule has 0 aromatic carbocycles. The molecule has 0 radical (unpaired) electrons. The molecule has 0 bridgehead atoms. The van der Waals surface area contributed by atoms with E-state index in [0.29, 0.717) is 23.6 Å². The number of aryl methyl sites for hydroxylation is 1. The summed E-state index contributed by atoms with van der Waals surface area (Å²) in [5.74, 6) is -0.0278. The zero-order chi connectivity index (χ0) is 14.5. The number of anilines is 2. The van der Waals surface area contributed by atoms with Crippen molar-refractivity contribution in [3.63, 3.8) is 0 Å². The summed E-state index contributed by atoms with van der Waals surface area (Å²) in [7, 11) is 1.32. The number of nitrogens with two attached hydrogens (primary N) is 1. The summed E-state index contributed by atoms with van der Waals surface area (Å²) in [4.78, 5) is 21.3. The number of methoxy groups -OCH3 is 1. The molecule has 0 amide bonds. The summed E-state index contributed by atoms with van der Waals surface area (Å²) in [6, 6.07) is 1.54. The van der Waals surface area contributed by atoms with Crippen molar-refractivity contribution in [3.8, 4) is 0 Å². The lowest BCUT2D eigenvalue weighted by atomic mass is 10.2. The number of esters is 1. The van der Waals surface area contributed by atoms with Crippen molar-refractivity contribution < 1.29 is 9.53 Å². The molecule has 0 unspecified atom stereocenters. The molecule has 0 aliphatic heterocycles. The normalized spacial score (nSPS) is 10.3. The summed E-state index contributed by atoms with van der Waals surface area (Å²) < 4.78 is 4.72. The van der Waals surface area contributed by atoms with E-state index in [1.807, 2.05) is 6.20 Å². The quantitative estimate of drug-likeness (QED) is 0.820. The number of hydrogen-bond donors (Lipinski definition) is 2. The summed E-state index contributed by atoms with van der Waals surface area (Å²) >= 11 is 1.63. The fraction of sp³-hybridized carbons (Fsp3) is 0.308. The number of nitrogens with one attached hydrogen (secondary N) is 1. The largest absolute Gasteiger partial charge is 0.465 e.